The van der Waals surface area contributed by atoms with E-state index < -0.39 is 506 Å². The van der Waals surface area contributed by atoms with Crippen LogP contribution in [-0.2, 0) is 289 Å². The molecule has 0 N–H and O–H groups in total. The van der Waals surface area contributed by atoms with Crippen molar-refractivity contribution in [1.82, 2.24) is 0 Å². The summed E-state index contributed by atoms with van der Waals surface area (Å²) in [6.07, 6.45) is 8.10. The predicted molar refractivity (Wildman–Crippen MR) is 494 cm³/mol. The topological polar surface area (TPSA) is 1090 Å². The first-order valence-electron chi connectivity index (χ1n) is 36.7. The van der Waals surface area contributed by atoms with Gasteiger partial charge in [0.15, 0.2) is 0 Å². The summed E-state index contributed by atoms with van der Waals surface area (Å²) in [7, 11) is -301. The summed E-state index contributed by atoms with van der Waals surface area (Å²) in [4.78, 5) is 0. The van der Waals surface area contributed by atoms with Gasteiger partial charge in [-0.05, 0) is 25.7 Å². The van der Waals surface area contributed by atoms with E-state index in [-0.39, 0.29) is 12.5 Å². The summed E-state index contributed by atoms with van der Waals surface area (Å²) in [6, 6.07) is -0.166. The molecule has 744 valence electrons. The minimum atomic E-state index is -4.97. The summed E-state index contributed by atoms with van der Waals surface area (Å²) < 4.78 is 822. The van der Waals surface area contributed by atoms with Crippen LogP contribution in [-0.4, -0.2) is 506 Å². The van der Waals surface area contributed by atoms with Crippen LogP contribution in [0.4, 0.5) is 0 Å². The SMILES string of the molecule is CCCCCCCCCCCC[Si](C)(O[Si](=O)[Si]=O)[Si](=O)[Si](=O)[Si](=O)[Si](=O)[Si](=O)[Si](=O)[Si](=O)[Si](=O)[Si](=O)[Si](=O)[Si](=O)[Si](=O)[Si](=O)[Si](=O)[Si](=O)[Si](=O)[Si](=O)[Si](=O)[Si](=O)[Si](=O)[Si](=O)[Si](=O)[Si](=O)[Si](=O)[Si](=O)[Si](=O)[Si](=O)[Si](=O)[Si](=O)O[Si](C)(C)[Si](=O)[Si](=O)[Si](=O)[Si](=O)[Si](=O)[Si](=O)[Si](=O)[Si](=O)[Si](=O)[Si](=O)[Si](=O)[Si](=O)[Si](=O)[Si](=O)[Si](=O)[Si](=O)[Si](=O)[Si](=O)[Si](=O)[Si](=O)[Si](=O)[Si](=O)[Si](=O)[Si](=O)[Si](=O)[Si](=O)[Si](=O)[Si](=O)[Si](=O)[Si](=O)[Si](=O)[Si]=O. The molecule has 1 atom stereocenters. The summed E-state index contributed by atoms with van der Waals surface area (Å²) in [6.45, 7) is 4.36. The quantitative estimate of drug-likeness (QED) is 0.0403. The first-order chi connectivity index (χ1) is 66.4. The Morgan fingerprint density at radius 2 is 0.297 bits per heavy atom. The van der Waals surface area contributed by atoms with Gasteiger partial charge in [0, 0.05) is 0 Å². The molecule has 0 aromatic carbocycles. The Morgan fingerprint density at radius 1 is 0.159 bits per heavy atom. The smallest absolute Gasteiger partial charge is 0.532 e. The van der Waals surface area contributed by atoms with Gasteiger partial charge in [0.1, 0.15) is 0 Å². The van der Waals surface area contributed by atoms with Crippen LogP contribution in [0.5, 0.6) is 0 Å². The summed E-state index contributed by atoms with van der Waals surface area (Å²) in [5.74, 6) is 0. The molecule has 1 unspecified atom stereocenters. The molecule has 0 aliphatic heterocycles. The van der Waals surface area contributed by atoms with E-state index in [2.05, 4.69) is 0 Å². The number of unbranched alkanes of at least 4 members (excludes halogenated alkanes) is 9. The van der Waals surface area contributed by atoms with Gasteiger partial charge in [-0.25, -0.2) is 0 Å². The van der Waals surface area contributed by atoms with E-state index in [0.29, 0.717) is 25.9 Å². The molecule has 130 heteroatoms. The average molecular weight is 3080 g/mol. The zero-order chi connectivity index (χ0) is 114. The molecular formula is C15H34O65Si65. The fourth-order valence-electron chi connectivity index (χ4n) is 9.03. The minimum Gasteiger partial charge on any atom is -0.575 e. The molecule has 0 heterocycles. The highest BCUT2D eigenvalue weighted by atomic mass is 30.2. The van der Waals surface area contributed by atoms with Gasteiger partial charge in [-0.2, -0.15) is 0 Å². The van der Waals surface area contributed by atoms with E-state index in [1.807, 2.05) is 6.92 Å². The van der Waals surface area contributed by atoms with Gasteiger partial charge in [0.2, 0.25) is 0 Å². The van der Waals surface area contributed by atoms with Crippen LogP contribution in [0, 0.1) is 0 Å². The van der Waals surface area contributed by atoms with Crippen molar-refractivity contribution in [2.75, 3.05) is 0 Å². The molecule has 0 aromatic heterocycles. The van der Waals surface area contributed by atoms with Gasteiger partial charge in [0.25, 0.3) is 15.7 Å². The first kappa shape index (κ1) is 146. The van der Waals surface area contributed by atoms with Crippen LogP contribution in [0.25, 0.3) is 0 Å². The molecule has 145 heavy (non-hydrogen) atoms. The van der Waals surface area contributed by atoms with Crippen LogP contribution >= 0.6 is 0 Å². The Morgan fingerprint density at radius 3 is 0.455 bits per heavy atom. The molecular weight excluding hydrogens is 3050 g/mol. The molecule has 0 aliphatic rings. The zero-order valence-corrected chi connectivity index (χ0v) is 136. The third-order valence-corrected chi connectivity index (χ3v) is 507. The maximum Gasteiger partial charge on any atom is 0.532 e. The highest BCUT2D eigenvalue weighted by Gasteiger charge is 2.64. The van der Waals surface area contributed by atoms with Crippen molar-refractivity contribution in [2.45, 2.75) is 96.8 Å². The van der Waals surface area contributed by atoms with Gasteiger partial charge >= 0.3 is 490 Å². The summed E-state index contributed by atoms with van der Waals surface area (Å²) in [5.41, 5.74) is 0. The van der Waals surface area contributed by atoms with E-state index in [4.69, 9.17) is 8.23 Å². The lowest BCUT2D eigenvalue weighted by Gasteiger charge is -2.23. The Kier molecular flexibility index (Phi) is 68.1. The Hall–Kier alpha value is 1.10. The largest absolute Gasteiger partial charge is 0.575 e. The van der Waals surface area contributed by atoms with Gasteiger partial charge in [-0.15, -0.1) is 0 Å². The second-order valence-corrected chi connectivity index (χ2v) is 335. The molecule has 0 aliphatic carbocycles. The van der Waals surface area contributed by atoms with E-state index >= 15 is 0 Å². The molecule has 0 saturated carbocycles. The van der Waals surface area contributed by atoms with E-state index in [1.54, 1.807) is 0 Å². The van der Waals surface area contributed by atoms with E-state index in [0.717, 1.165) is 51.5 Å². The van der Waals surface area contributed by atoms with Crippen LogP contribution < -0.4 is 0 Å². The average Bonchev–Trinajstić information content (AvgIpc) is 0.811. The number of rotatable bonds is 77. The van der Waals surface area contributed by atoms with Crippen LogP contribution in [0.15, 0.2) is 0 Å². The summed E-state index contributed by atoms with van der Waals surface area (Å²) in [5, 5.41) is 0. The van der Waals surface area contributed by atoms with E-state index in [1.165, 1.54) is 0 Å². The Balaban J connectivity index is 6.09. The molecule has 2 radical (unpaired) electrons. The van der Waals surface area contributed by atoms with Crippen molar-refractivity contribution in [3.8, 4) is 0 Å². The zero-order valence-electron chi connectivity index (χ0n) is 70.8. The normalized spacial score (nSPS) is 10.6. The highest BCUT2D eigenvalue weighted by Crippen LogP contribution is 2.20. The van der Waals surface area contributed by atoms with Crippen molar-refractivity contribution in [3.63, 3.8) is 0 Å². The molecule has 0 aromatic rings. The maximum atomic E-state index is 13.7. The highest BCUT2D eigenvalue weighted by molar-refractivity contribution is 7.88. The summed E-state index contributed by atoms with van der Waals surface area (Å²) >= 11 is 0. The number of hydrogen-bond donors (Lipinski definition) is 0. The second-order valence-electron chi connectivity index (χ2n) is 27.1. The van der Waals surface area contributed by atoms with Crippen LogP contribution in [0.3, 0.4) is 0 Å². The Labute approximate surface area is 880 Å². The molecule has 0 saturated heterocycles. The monoisotopic (exact) mass is 3070 g/mol. The molecule has 0 amide bonds. The predicted octanol–water partition coefficient (Wildman–Crippen LogP) is -25.7. The van der Waals surface area contributed by atoms with Crippen molar-refractivity contribution in [1.29, 1.82) is 0 Å². The standard InChI is InChI=1S/C15H34O65Si65/c1-5-6-7-8-9-10-11-12-13-14-15-145(4,79-83(18)81-16)143(78)141(76)139(74)137(72)135(70)133(68)131(66)129(64)127(62)125(60)123(58)121(56)119(54)117(52)112(47)110(45)108(43)106(41)104(39)102(37)100(35)98(33)96(31)94(29)92(27)90(25)88(23)86(21)84(19)80-144(2,3)142(77)140(75)138(73)136(71)134(69)132(67)130(65)128(63)126(61)124(59)122(57)120(55)118(53)116(51)115(50)114(49)113(48)111(46)109(44)107(42)105(40)103(38)101(36)99(34)97(32)95(30)93(28)91(26)89(24)87(22)85(20)82-17/h5-15H2,1-4H3. The van der Waals surface area contributed by atoms with Crippen molar-refractivity contribution < 1.29 is 289 Å². The first-order valence-corrected chi connectivity index (χ1v) is 192. The molecule has 0 fully saturated rings. The fourth-order valence-corrected chi connectivity index (χ4v) is 739. The molecule has 65 nitrogen and oxygen atoms in total. The maximum absolute atomic E-state index is 13.7. The second kappa shape index (κ2) is 67.6. The molecule has 0 bridgehead atoms. The van der Waals surface area contributed by atoms with Crippen LogP contribution in [0.1, 0.15) is 71.1 Å². The lowest BCUT2D eigenvalue weighted by molar-refractivity contribution is 0.460. The molecule has 0 spiro atoms. The minimum absolute atomic E-state index is 0.166. The number of hydrogen-bond acceptors (Lipinski definition) is 65. The van der Waals surface area contributed by atoms with Gasteiger partial charge in [-0.1, -0.05) is 71.1 Å². The van der Waals surface area contributed by atoms with Crippen molar-refractivity contribution in [3.05, 3.63) is 0 Å². The van der Waals surface area contributed by atoms with Gasteiger partial charge < -0.3 is 289 Å². The van der Waals surface area contributed by atoms with Crippen LogP contribution in [0.2, 0.25) is 25.7 Å². The van der Waals surface area contributed by atoms with E-state index in [9.17, 15) is 281 Å². The fraction of sp³-hybridized carbons (Fsp3) is 1.00. The third kappa shape index (κ3) is 40.1. The molecule has 0 rings (SSSR count). The van der Waals surface area contributed by atoms with Gasteiger partial charge in [-0.3, -0.25) is 0 Å². The Bertz CT molecular complexity index is 6800. The third-order valence-electron chi connectivity index (χ3n) is 16.8. The van der Waals surface area contributed by atoms with Crippen molar-refractivity contribution in [2.24, 2.45) is 0 Å². The van der Waals surface area contributed by atoms with Gasteiger partial charge in [0.05, 0.1) is 0 Å². The van der Waals surface area contributed by atoms with Crippen molar-refractivity contribution >= 4 is 506 Å². The lowest BCUT2D eigenvalue weighted by atomic mass is 10.1. The lowest BCUT2D eigenvalue weighted by Crippen LogP contribution is -2.59.